The lowest BCUT2D eigenvalue weighted by Crippen LogP contribution is -1.98. The molecule has 0 radical (unpaired) electrons. The van der Waals surface area contributed by atoms with Crippen LogP contribution in [0.25, 0.3) is 222 Å². The predicted molar refractivity (Wildman–Crippen MR) is 500 cm³/mol. The highest BCUT2D eigenvalue weighted by molar-refractivity contribution is 6.21. The molecule has 4 heteroatoms. The number of fused-ring (bicyclic) bond motifs is 18. The fourth-order valence-corrected chi connectivity index (χ4v) is 19.8. The van der Waals surface area contributed by atoms with Crippen molar-refractivity contribution in [3.8, 4) is 168 Å². The number of aromatic nitrogens is 4. The van der Waals surface area contributed by atoms with Gasteiger partial charge < -0.3 is 18.3 Å². The van der Waals surface area contributed by atoms with Crippen molar-refractivity contribution in [1.29, 1.82) is 0 Å². The molecule has 4 heterocycles. The summed E-state index contributed by atoms with van der Waals surface area (Å²) in [5, 5.41) is 6.51. The van der Waals surface area contributed by atoms with Gasteiger partial charge in [0, 0.05) is 72.1 Å². The molecule has 0 bridgehead atoms. The van der Waals surface area contributed by atoms with E-state index in [2.05, 4.69) is 468 Å². The topological polar surface area (TPSA) is 19.7 Å². The summed E-state index contributed by atoms with van der Waals surface area (Å²) in [6.45, 7) is 2.27. The number of hydrogen-bond donors (Lipinski definition) is 0. The molecular weight excluding hydrogens is 1440 g/mol. The largest absolute Gasteiger partial charge is 0.313 e. The first-order valence-corrected chi connectivity index (χ1v) is 41.1. The molecule has 0 amide bonds. The van der Waals surface area contributed by atoms with E-state index in [1.165, 1.54) is 222 Å². The van der Waals surface area contributed by atoms with Crippen molar-refractivity contribution >= 4 is 54.5 Å². The van der Waals surface area contributed by atoms with E-state index in [1.54, 1.807) is 0 Å². The third kappa shape index (κ3) is 11.1. The second-order valence-electron chi connectivity index (χ2n) is 31.2. The molecule has 4 aromatic heterocycles. The van der Waals surface area contributed by atoms with Gasteiger partial charge in [-0.05, 0) is 203 Å². The summed E-state index contributed by atoms with van der Waals surface area (Å²) < 4.78 is 9.72. The highest BCUT2D eigenvalue weighted by Gasteiger charge is 2.33. The van der Waals surface area contributed by atoms with Gasteiger partial charge in [-0.25, -0.2) is 0 Å². The summed E-state index contributed by atoms with van der Waals surface area (Å²) in [6.07, 6.45) is 0. The third-order valence-electron chi connectivity index (χ3n) is 24.8. The first kappa shape index (κ1) is 68.9. The predicted octanol–water partition coefficient (Wildman–Crippen LogP) is 30.9. The molecule has 18 aromatic carbocycles. The number of rotatable bonds is 8. The molecule has 3 aliphatic rings. The lowest BCUT2D eigenvalue weighted by atomic mass is 9.93. The Labute approximate surface area is 691 Å². The van der Waals surface area contributed by atoms with Crippen LogP contribution in [0.5, 0.6) is 0 Å². The summed E-state index contributed by atoms with van der Waals surface area (Å²) in [4.78, 5) is 0. The van der Waals surface area contributed by atoms with E-state index >= 15 is 0 Å². The minimum absolute atomic E-state index is 1.16. The zero-order valence-corrected chi connectivity index (χ0v) is 65.4. The fraction of sp³-hybridized carbons (Fsp3) is 0.00870. The molecular formula is C115H76N4. The van der Waals surface area contributed by atoms with E-state index in [0.717, 1.165) is 5.69 Å². The molecule has 119 heavy (non-hydrogen) atoms. The zero-order chi connectivity index (χ0) is 78.6. The van der Waals surface area contributed by atoms with E-state index in [1.807, 2.05) is 0 Å². The van der Waals surface area contributed by atoms with Crippen LogP contribution in [0.15, 0.2) is 443 Å². The van der Waals surface area contributed by atoms with Crippen molar-refractivity contribution in [2.45, 2.75) is 6.92 Å². The van der Waals surface area contributed by atoms with Crippen molar-refractivity contribution in [2.75, 3.05) is 0 Å². The van der Waals surface area contributed by atoms with E-state index in [9.17, 15) is 0 Å². The quantitative estimate of drug-likeness (QED) is 0.144. The van der Waals surface area contributed by atoms with Gasteiger partial charge >= 0.3 is 0 Å². The van der Waals surface area contributed by atoms with Gasteiger partial charge in [-0.1, -0.05) is 364 Å². The standard InChI is InChI=1S/C45H30N2.C38H25N.C32H21N/c1-29-44-39-16-5-4-12-35(39)34-11-2-3-13-36(34)40-17-10-20-43(45(40)44)46(29)32-25-21-30(22-26-32)31-23-27-33(28-24-31)47-41-18-8-6-14-37(41)38-15-7-9-19-42(38)47;1-3-13-26(14-4-1)28-17-11-18-29(25-28)39-35-24-12-23-33-31-20-8-7-19-30(31)32-21-9-10-22-34(32)37(36(33)35)38(39)27-15-5-2-6-16-27;1-3-12-22(13-4-1)32-31-28-19-10-9-18-26(28)24-16-7-8-17-25(24)27-20-11-21-29(30(27)31)33(32)23-14-5-2-6-15-23/h2-28H,1H3;1-25H;1-21H. The van der Waals surface area contributed by atoms with Crippen molar-refractivity contribution in [1.82, 2.24) is 18.3 Å². The molecule has 25 rings (SSSR count). The molecule has 4 nitrogen and oxygen atoms in total. The Hall–Kier alpha value is -15.6. The van der Waals surface area contributed by atoms with Crippen LogP contribution in [0.2, 0.25) is 0 Å². The minimum atomic E-state index is 1.16. The van der Waals surface area contributed by atoms with Crippen molar-refractivity contribution in [3.63, 3.8) is 0 Å². The van der Waals surface area contributed by atoms with Crippen LogP contribution in [0.3, 0.4) is 0 Å². The Morgan fingerprint density at radius 1 is 0.151 bits per heavy atom. The molecule has 556 valence electrons. The maximum atomic E-state index is 2.47. The van der Waals surface area contributed by atoms with Crippen LogP contribution in [-0.2, 0) is 0 Å². The van der Waals surface area contributed by atoms with Gasteiger partial charge in [0.1, 0.15) is 0 Å². The molecule has 0 fully saturated rings. The lowest BCUT2D eigenvalue weighted by Gasteiger charge is -2.16. The van der Waals surface area contributed by atoms with Gasteiger partial charge in [-0.15, -0.1) is 0 Å². The molecule has 0 aliphatic heterocycles. The summed E-state index contributed by atoms with van der Waals surface area (Å²) in [5.74, 6) is 0. The second-order valence-corrected chi connectivity index (χ2v) is 31.2. The normalized spacial score (nSPS) is 11.7. The molecule has 0 saturated carbocycles. The molecule has 0 spiro atoms. The Morgan fingerprint density at radius 3 is 0.824 bits per heavy atom. The van der Waals surface area contributed by atoms with Gasteiger partial charge in [0.25, 0.3) is 0 Å². The van der Waals surface area contributed by atoms with Crippen molar-refractivity contribution in [3.05, 3.63) is 449 Å². The van der Waals surface area contributed by atoms with E-state index < -0.39 is 0 Å². The van der Waals surface area contributed by atoms with Crippen LogP contribution < -0.4 is 0 Å². The second kappa shape index (κ2) is 28.4. The molecule has 0 saturated heterocycles. The highest BCUT2D eigenvalue weighted by Crippen LogP contribution is 2.57. The van der Waals surface area contributed by atoms with Crippen LogP contribution in [0.1, 0.15) is 5.69 Å². The van der Waals surface area contributed by atoms with Gasteiger partial charge in [0.05, 0.1) is 39.0 Å². The molecule has 0 N–H and O–H groups in total. The number of benzene rings is 18. The average Bonchev–Trinajstić information content (AvgIpc) is 1.56. The van der Waals surface area contributed by atoms with Crippen LogP contribution in [0.4, 0.5) is 0 Å². The van der Waals surface area contributed by atoms with Crippen LogP contribution in [0, 0.1) is 6.92 Å². The summed E-state index contributed by atoms with van der Waals surface area (Å²) in [6, 6.07) is 161. The first-order chi connectivity index (χ1) is 59.1. The van der Waals surface area contributed by atoms with E-state index in [0.29, 0.717) is 0 Å². The fourth-order valence-electron chi connectivity index (χ4n) is 19.8. The maximum absolute atomic E-state index is 2.47. The van der Waals surface area contributed by atoms with Crippen molar-refractivity contribution < 1.29 is 0 Å². The Balaban J connectivity index is 0.000000106. The monoisotopic (exact) mass is 1510 g/mol. The van der Waals surface area contributed by atoms with E-state index in [4.69, 9.17) is 0 Å². The first-order valence-electron chi connectivity index (χ1n) is 41.1. The van der Waals surface area contributed by atoms with E-state index in [-0.39, 0.29) is 0 Å². The SMILES string of the molecule is Cc1c2c3c(cccc3n1-c1ccc(-c3ccc(-n4c5ccccc5c5ccccc54)cc3)cc1)-c1ccccc1-c1ccccc1-2.c1ccc(-c2c3c4c(cccc4n2-c2ccccc2)-c2ccccc2-c2ccccc2-3)cc1.c1ccc(-c2cccc(-n3c(-c4ccccc4)c4c5c(cccc53)-c3ccccc3-c3ccccc3-4)c2)cc1. The Bertz CT molecular complexity index is 7690. The molecule has 22 aromatic rings. The van der Waals surface area contributed by atoms with Gasteiger partial charge in [0.2, 0.25) is 0 Å². The molecule has 0 unspecified atom stereocenters. The Kier molecular flexibility index (Phi) is 16.5. The third-order valence-corrected chi connectivity index (χ3v) is 24.8. The highest BCUT2D eigenvalue weighted by atomic mass is 15.0. The number of nitrogens with zero attached hydrogens (tertiary/aromatic N) is 4. The smallest absolute Gasteiger partial charge is 0.0619 e. The summed E-state index contributed by atoms with van der Waals surface area (Å²) in [5.41, 5.74) is 45.1. The minimum Gasteiger partial charge on any atom is -0.313 e. The summed E-state index contributed by atoms with van der Waals surface area (Å²) in [7, 11) is 0. The number of hydrogen-bond acceptors (Lipinski definition) is 0. The Morgan fingerprint density at radius 2 is 0.403 bits per heavy atom. The van der Waals surface area contributed by atoms with Crippen molar-refractivity contribution in [2.24, 2.45) is 0 Å². The van der Waals surface area contributed by atoms with Crippen LogP contribution >= 0.6 is 0 Å². The average molecular weight is 1510 g/mol. The van der Waals surface area contributed by atoms with Gasteiger partial charge in [-0.2, -0.15) is 0 Å². The van der Waals surface area contributed by atoms with Gasteiger partial charge in [0.15, 0.2) is 0 Å². The van der Waals surface area contributed by atoms with Gasteiger partial charge in [-0.3, -0.25) is 0 Å². The lowest BCUT2D eigenvalue weighted by molar-refractivity contribution is 1.06. The summed E-state index contributed by atoms with van der Waals surface area (Å²) >= 11 is 0. The number of para-hydroxylation sites is 3. The molecule has 3 aliphatic carbocycles. The maximum Gasteiger partial charge on any atom is 0.0619 e. The molecule has 0 atom stereocenters. The zero-order valence-electron chi connectivity index (χ0n) is 65.4. The van der Waals surface area contributed by atoms with Crippen LogP contribution in [-0.4, -0.2) is 18.3 Å².